The van der Waals surface area contributed by atoms with Crippen molar-refractivity contribution in [2.45, 2.75) is 24.8 Å². The van der Waals surface area contributed by atoms with Crippen LogP contribution in [0.5, 0.6) is 0 Å². The molecule has 1 aliphatic rings. The highest BCUT2D eigenvalue weighted by Gasteiger charge is 2.41. The van der Waals surface area contributed by atoms with Gasteiger partial charge < -0.3 is 10.6 Å². The van der Waals surface area contributed by atoms with Crippen molar-refractivity contribution in [2.24, 2.45) is 0 Å². The Bertz CT molecular complexity index is 588. The summed E-state index contributed by atoms with van der Waals surface area (Å²) in [5, 5.41) is 10.7. The first-order valence-electron chi connectivity index (χ1n) is 7.84. The van der Waals surface area contributed by atoms with Crippen LogP contribution in [0.2, 0.25) is 0 Å². The number of hydrogen-bond acceptors (Lipinski definition) is 3. The lowest BCUT2D eigenvalue weighted by molar-refractivity contribution is -0.131. The van der Waals surface area contributed by atoms with Gasteiger partial charge in [-0.2, -0.15) is 5.10 Å². The van der Waals surface area contributed by atoms with Crippen LogP contribution in [0.3, 0.4) is 0 Å². The van der Waals surface area contributed by atoms with E-state index >= 15 is 0 Å². The topological polar surface area (TPSA) is 59.0 Å². The van der Waals surface area contributed by atoms with Crippen molar-refractivity contribution in [3.8, 4) is 0 Å². The molecule has 0 atom stereocenters. The molecule has 1 aliphatic heterocycles. The van der Waals surface area contributed by atoms with Crippen molar-refractivity contribution in [3.63, 3.8) is 0 Å². The Balaban J connectivity index is 1.65. The van der Waals surface area contributed by atoms with Crippen LogP contribution in [-0.2, 0) is 16.8 Å². The number of aromatic nitrogens is 2. The van der Waals surface area contributed by atoms with Crippen molar-refractivity contribution < 1.29 is 4.79 Å². The highest BCUT2D eigenvalue weighted by atomic mass is 16.2. The fraction of sp³-hybridized carbons (Fsp3) is 0.412. The van der Waals surface area contributed by atoms with Crippen LogP contribution in [0.25, 0.3) is 0 Å². The number of nitrogens with one attached hydrogen (secondary N) is 2. The second kappa shape index (κ2) is 6.75. The second-order valence-electron chi connectivity index (χ2n) is 5.72. The molecule has 2 heterocycles. The maximum Gasteiger partial charge on any atom is 0.248 e. The van der Waals surface area contributed by atoms with E-state index in [0.29, 0.717) is 6.54 Å². The molecule has 1 saturated heterocycles. The molecule has 2 N–H and O–H groups in total. The lowest BCUT2D eigenvalue weighted by Crippen LogP contribution is -2.54. The van der Waals surface area contributed by atoms with Crippen molar-refractivity contribution in [3.05, 3.63) is 54.4 Å². The van der Waals surface area contributed by atoms with Gasteiger partial charge in [-0.05, 0) is 44.0 Å². The van der Waals surface area contributed by atoms with Gasteiger partial charge in [0, 0.05) is 18.9 Å². The molecule has 1 aromatic heterocycles. The molecule has 1 fully saturated rings. The lowest BCUT2D eigenvalue weighted by Gasteiger charge is -2.36. The number of nitrogens with zero attached hydrogens (tertiary/aromatic N) is 2. The van der Waals surface area contributed by atoms with Crippen LogP contribution in [-0.4, -0.2) is 35.3 Å². The Morgan fingerprint density at radius 3 is 2.68 bits per heavy atom. The third-order valence-corrected chi connectivity index (χ3v) is 4.34. The fourth-order valence-corrected chi connectivity index (χ4v) is 3.05. The van der Waals surface area contributed by atoms with Gasteiger partial charge in [0.05, 0.1) is 0 Å². The number of rotatable bonds is 5. The van der Waals surface area contributed by atoms with Crippen LogP contribution in [0.4, 0.5) is 0 Å². The first-order chi connectivity index (χ1) is 10.8. The van der Waals surface area contributed by atoms with E-state index in [-0.39, 0.29) is 5.91 Å². The van der Waals surface area contributed by atoms with Crippen molar-refractivity contribution in [2.75, 3.05) is 19.6 Å². The zero-order valence-electron chi connectivity index (χ0n) is 12.7. The fourth-order valence-electron chi connectivity index (χ4n) is 3.05. The molecule has 1 aromatic carbocycles. The van der Waals surface area contributed by atoms with Gasteiger partial charge in [0.15, 0.2) is 0 Å². The Hall–Kier alpha value is -2.14. The summed E-state index contributed by atoms with van der Waals surface area (Å²) >= 11 is 0. The maximum atomic E-state index is 12.8. The third-order valence-electron chi connectivity index (χ3n) is 4.34. The number of piperidine rings is 1. The minimum atomic E-state index is -0.550. The monoisotopic (exact) mass is 298 g/mol. The van der Waals surface area contributed by atoms with Crippen molar-refractivity contribution >= 4 is 5.91 Å². The third kappa shape index (κ3) is 3.04. The maximum absolute atomic E-state index is 12.8. The van der Waals surface area contributed by atoms with E-state index in [4.69, 9.17) is 0 Å². The van der Waals surface area contributed by atoms with E-state index in [1.54, 1.807) is 6.20 Å². The Morgan fingerprint density at radius 2 is 2.00 bits per heavy atom. The zero-order chi connectivity index (χ0) is 15.3. The molecule has 5 heteroatoms. The first kappa shape index (κ1) is 14.8. The van der Waals surface area contributed by atoms with Crippen LogP contribution in [0.15, 0.2) is 48.8 Å². The molecule has 2 aromatic rings. The summed E-state index contributed by atoms with van der Waals surface area (Å²) in [4.78, 5) is 12.8. The second-order valence-corrected chi connectivity index (χ2v) is 5.72. The van der Waals surface area contributed by atoms with Gasteiger partial charge in [0.25, 0.3) is 0 Å². The lowest BCUT2D eigenvalue weighted by atomic mass is 9.87. The van der Waals surface area contributed by atoms with E-state index in [0.717, 1.165) is 32.4 Å². The average molecular weight is 298 g/mol. The summed E-state index contributed by atoms with van der Waals surface area (Å²) in [5.41, 5.74) is 0.687. The summed E-state index contributed by atoms with van der Waals surface area (Å²) in [6, 6.07) is 12.1. The molecule has 1 amide bonds. The number of amides is 1. The van der Waals surface area contributed by atoms with Gasteiger partial charge >= 0.3 is 0 Å². The van der Waals surface area contributed by atoms with Crippen molar-refractivity contribution in [1.82, 2.24) is 20.4 Å². The van der Waals surface area contributed by atoms with Gasteiger partial charge in [0.2, 0.25) is 5.91 Å². The van der Waals surface area contributed by atoms with Crippen LogP contribution in [0, 0.1) is 0 Å². The summed E-state index contributed by atoms with van der Waals surface area (Å²) in [5.74, 6) is 0.0774. The summed E-state index contributed by atoms with van der Waals surface area (Å²) in [7, 11) is 0. The zero-order valence-corrected chi connectivity index (χ0v) is 12.7. The summed E-state index contributed by atoms with van der Waals surface area (Å²) in [6.45, 7) is 2.33. The SMILES string of the molecule is O=C(NCCc1ccccc1)C1(n2cccn2)CCNCC1. The minimum Gasteiger partial charge on any atom is -0.354 e. The molecule has 0 unspecified atom stereocenters. The molecule has 5 nitrogen and oxygen atoms in total. The number of hydrogen-bond donors (Lipinski definition) is 2. The molecular weight excluding hydrogens is 276 g/mol. The van der Waals surface area contributed by atoms with Crippen LogP contribution in [0.1, 0.15) is 18.4 Å². The number of carbonyl (C=O) groups is 1. The summed E-state index contributed by atoms with van der Waals surface area (Å²) < 4.78 is 1.83. The van der Waals surface area contributed by atoms with Crippen LogP contribution >= 0.6 is 0 Å². The molecule has 3 rings (SSSR count). The van der Waals surface area contributed by atoms with Gasteiger partial charge in [0.1, 0.15) is 5.54 Å². The average Bonchev–Trinajstić information content (AvgIpc) is 3.11. The number of benzene rings is 1. The largest absolute Gasteiger partial charge is 0.354 e. The van der Waals surface area contributed by atoms with E-state index in [2.05, 4.69) is 27.9 Å². The van der Waals surface area contributed by atoms with Gasteiger partial charge in [-0.25, -0.2) is 0 Å². The molecule has 0 saturated carbocycles. The minimum absolute atomic E-state index is 0.0774. The molecule has 0 aliphatic carbocycles. The quantitative estimate of drug-likeness (QED) is 0.875. The summed E-state index contributed by atoms with van der Waals surface area (Å²) in [6.07, 6.45) is 6.01. The highest BCUT2D eigenvalue weighted by molar-refractivity contribution is 5.84. The highest BCUT2D eigenvalue weighted by Crippen LogP contribution is 2.27. The molecule has 22 heavy (non-hydrogen) atoms. The molecular formula is C17H22N4O. The van der Waals surface area contributed by atoms with Crippen molar-refractivity contribution in [1.29, 1.82) is 0 Å². The number of carbonyl (C=O) groups excluding carboxylic acids is 1. The Kier molecular flexibility index (Phi) is 4.53. The molecule has 0 spiro atoms. The molecule has 0 bridgehead atoms. The van der Waals surface area contributed by atoms with E-state index in [1.165, 1.54) is 5.56 Å². The van der Waals surface area contributed by atoms with Crippen LogP contribution < -0.4 is 10.6 Å². The van der Waals surface area contributed by atoms with Gasteiger partial charge in [-0.15, -0.1) is 0 Å². The van der Waals surface area contributed by atoms with E-state index in [9.17, 15) is 4.79 Å². The smallest absolute Gasteiger partial charge is 0.248 e. The van der Waals surface area contributed by atoms with Gasteiger partial charge in [-0.1, -0.05) is 30.3 Å². The first-order valence-corrected chi connectivity index (χ1v) is 7.84. The van der Waals surface area contributed by atoms with E-state index in [1.807, 2.05) is 35.1 Å². The molecule has 0 radical (unpaired) electrons. The molecule has 116 valence electrons. The Morgan fingerprint density at radius 1 is 1.23 bits per heavy atom. The standard InChI is InChI=1S/C17H22N4O/c22-16(19-11-7-15-5-2-1-3-6-15)17(8-12-18-13-9-17)21-14-4-10-20-21/h1-6,10,14,18H,7-9,11-13H2,(H,19,22). The van der Waals surface area contributed by atoms with E-state index < -0.39 is 5.54 Å². The Labute approximate surface area is 130 Å². The predicted octanol–water partition coefficient (Wildman–Crippen LogP) is 1.32. The normalized spacial score (nSPS) is 17.1. The predicted molar refractivity (Wildman–Crippen MR) is 85.5 cm³/mol. The van der Waals surface area contributed by atoms with Gasteiger partial charge in [-0.3, -0.25) is 9.48 Å².